The summed E-state index contributed by atoms with van der Waals surface area (Å²) in [6.07, 6.45) is 6.72. The molecule has 2 amide bonds. The minimum Gasteiger partial charge on any atom is -0.379 e. The number of hydrogen-bond acceptors (Lipinski definition) is 4. The predicted octanol–water partition coefficient (Wildman–Crippen LogP) is 2.69. The first-order chi connectivity index (χ1) is 14.7. The van der Waals surface area contributed by atoms with Crippen molar-refractivity contribution in [3.8, 4) is 0 Å². The standard InChI is InChI=1S/C22H30N6O2/c1-18-23-7-10-27(18)8-2-6-24-22(29)25-20-3-4-21-19(17-20)5-9-28(21)12-11-26-13-15-30-16-14-26/h3-5,7,9-10,17H,2,6,8,11-16H2,1H3,(H2,24,25,29). The molecule has 1 aliphatic rings. The van der Waals surface area contributed by atoms with Gasteiger partial charge in [0.2, 0.25) is 0 Å². The van der Waals surface area contributed by atoms with Gasteiger partial charge in [-0.3, -0.25) is 4.90 Å². The quantitative estimate of drug-likeness (QED) is 0.560. The van der Waals surface area contributed by atoms with Crippen LogP contribution in [0, 0.1) is 6.92 Å². The van der Waals surface area contributed by atoms with Crippen LogP contribution in [0.4, 0.5) is 10.5 Å². The largest absolute Gasteiger partial charge is 0.379 e. The van der Waals surface area contributed by atoms with E-state index in [1.807, 2.05) is 25.3 Å². The summed E-state index contributed by atoms with van der Waals surface area (Å²) >= 11 is 0. The number of nitrogens with zero attached hydrogens (tertiary/aromatic N) is 4. The van der Waals surface area contributed by atoms with Gasteiger partial charge in [-0.25, -0.2) is 9.78 Å². The summed E-state index contributed by atoms with van der Waals surface area (Å²) < 4.78 is 9.76. The van der Waals surface area contributed by atoms with E-state index in [9.17, 15) is 4.79 Å². The summed E-state index contributed by atoms with van der Waals surface area (Å²) in [4.78, 5) is 18.8. The predicted molar refractivity (Wildman–Crippen MR) is 118 cm³/mol. The first-order valence-electron chi connectivity index (χ1n) is 10.6. The van der Waals surface area contributed by atoms with E-state index in [-0.39, 0.29) is 6.03 Å². The van der Waals surface area contributed by atoms with Crippen LogP contribution in [0.2, 0.25) is 0 Å². The van der Waals surface area contributed by atoms with Crippen molar-refractivity contribution in [3.05, 3.63) is 48.7 Å². The van der Waals surface area contributed by atoms with Gasteiger partial charge in [0.05, 0.1) is 13.2 Å². The average Bonchev–Trinajstić information content (AvgIpc) is 3.36. The maximum atomic E-state index is 12.2. The molecule has 1 aromatic carbocycles. The Balaban J connectivity index is 1.25. The van der Waals surface area contributed by atoms with Gasteiger partial charge >= 0.3 is 6.03 Å². The minimum absolute atomic E-state index is 0.177. The van der Waals surface area contributed by atoms with Crippen LogP contribution in [-0.2, 0) is 17.8 Å². The Morgan fingerprint density at radius 1 is 1.10 bits per heavy atom. The number of anilines is 1. The maximum Gasteiger partial charge on any atom is 0.319 e. The van der Waals surface area contributed by atoms with Crippen molar-refractivity contribution in [2.75, 3.05) is 44.7 Å². The lowest BCUT2D eigenvalue weighted by atomic mass is 10.2. The van der Waals surface area contributed by atoms with Crippen LogP contribution in [-0.4, -0.2) is 64.4 Å². The summed E-state index contributed by atoms with van der Waals surface area (Å²) in [7, 11) is 0. The number of imidazole rings is 1. The molecule has 2 aromatic heterocycles. The van der Waals surface area contributed by atoms with Crippen molar-refractivity contribution < 1.29 is 9.53 Å². The van der Waals surface area contributed by atoms with Crippen molar-refractivity contribution >= 4 is 22.6 Å². The molecule has 0 bridgehead atoms. The minimum atomic E-state index is -0.177. The molecule has 0 unspecified atom stereocenters. The van der Waals surface area contributed by atoms with E-state index >= 15 is 0 Å². The molecule has 1 aliphatic heterocycles. The number of rotatable bonds is 8. The fourth-order valence-electron chi connectivity index (χ4n) is 3.81. The molecule has 8 nitrogen and oxygen atoms in total. The highest BCUT2D eigenvalue weighted by Gasteiger charge is 2.11. The Kier molecular flexibility index (Phi) is 6.66. The maximum absolute atomic E-state index is 12.2. The number of urea groups is 1. The fraction of sp³-hybridized carbons (Fsp3) is 0.455. The number of nitrogens with one attached hydrogen (secondary N) is 2. The number of hydrogen-bond donors (Lipinski definition) is 2. The van der Waals surface area contributed by atoms with Gasteiger partial charge in [0.15, 0.2) is 0 Å². The number of carbonyl (C=O) groups is 1. The van der Waals surface area contributed by atoms with Crippen LogP contribution in [0.3, 0.4) is 0 Å². The van der Waals surface area contributed by atoms with Crippen molar-refractivity contribution in [2.45, 2.75) is 26.4 Å². The molecule has 1 saturated heterocycles. The number of morpholine rings is 1. The number of benzene rings is 1. The first kappa shape index (κ1) is 20.4. The van der Waals surface area contributed by atoms with E-state index in [0.717, 1.165) is 69.3 Å². The highest BCUT2D eigenvalue weighted by atomic mass is 16.5. The Labute approximate surface area is 176 Å². The van der Waals surface area contributed by atoms with Gasteiger partial charge in [-0.1, -0.05) is 0 Å². The number of carbonyl (C=O) groups excluding carboxylic acids is 1. The smallest absolute Gasteiger partial charge is 0.319 e. The first-order valence-corrected chi connectivity index (χ1v) is 10.6. The number of aromatic nitrogens is 3. The highest BCUT2D eigenvalue weighted by Crippen LogP contribution is 2.20. The number of amides is 2. The van der Waals surface area contributed by atoms with Crippen LogP contribution in [0.5, 0.6) is 0 Å². The lowest BCUT2D eigenvalue weighted by molar-refractivity contribution is 0.0365. The van der Waals surface area contributed by atoms with Crippen LogP contribution in [0.25, 0.3) is 10.9 Å². The van der Waals surface area contributed by atoms with E-state index in [2.05, 4.69) is 48.0 Å². The second-order valence-electron chi connectivity index (χ2n) is 7.64. The van der Waals surface area contributed by atoms with Crippen molar-refractivity contribution in [1.29, 1.82) is 0 Å². The summed E-state index contributed by atoms with van der Waals surface area (Å²) in [5.74, 6) is 0.990. The molecule has 160 valence electrons. The molecular formula is C22H30N6O2. The third kappa shape index (κ3) is 5.20. The Morgan fingerprint density at radius 3 is 2.77 bits per heavy atom. The zero-order chi connectivity index (χ0) is 20.8. The summed E-state index contributed by atoms with van der Waals surface area (Å²) in [5.41, 5.74) is 1.99. The van der Waals surface area contributed by atoms with Gasteiger partial charge in [-0.15, -0.1) is 0 Å². The van der Waals surface area contributed by atoms with Gasteiger partial charge < -0.3 is 24.5 Å². The topological polar surface area (TPSA) is 76.4 Å². The third-order valence-corrected chi connectivity index (χ3v) is 5.57. The van der Waals surface area contributed by atoms with Crippen molar-refractivity contribution in [3.63, 3.8) is 0 Å². The van der Waals surface area contributed by atoms with E-state index in [1.165, 1.54) is 5.52 Å². The van der Waals surface area contributed by atoms with Gasteiger partial charge in [0.25, 0.3) is 0 Å². The lowest BCUT2D eigenvalue weighted by Gasteiger charge is -2.26. The molecule has 0 radical (unpaired) electrons. The molecule has 3 heterocycles. The SMILES string of the molecule is Cc1nccn1CCCNC(=O)Nc1ccc2c(ccn2CCN2CCOCC2)c1. The van der Waals surface area contributed by atoms with Crippen LogP contribution in [0.15, 0.2) is 42.9 Å². The molecule has 0 spiro atoms. The highest BCUT2D eigenvalue weighted by molar-refractivity contribution is 5.92. The monoisotopic (exact) mass is 410 g/mol. The Morgan fingerprint density at radius 2 is 1.97 bits per heavy atom. The van der Waals surface area contributed by atoms with Gasteiger partial charge in [0, 0.05) is 74.4 Å². The molecule has 2 N–H and O–H groups in total. The zero-order valence-electron chi connectivity index (χ0n) is 17.5. The van der Waals surface area contributed by atoms with Crippen molar-refractivity contribution in [1.82, 2.24) is 24.3 Å². The van der Waals surface area contributed by atoms with Crippen molar-refractivity contribution in [2.24, 2.45) is 0 Å². The Bertz CT molecular complexity index is 973. The van der Waals surface area contributed by atoms with Gasteiger partial charge in [-0.05, 0) is 37.6 Å². The van der Waals surface area contributed by atoms with Gasteiger partial charge in [-0.2, -0.15) is 0 Å². The van der Waals surface area contributed by atoms with E-state index < -0.39 is 0 Å². The van der Waals surface area contributed by atoms with Crippen LogP contribution >= 0.6 is 0 Å². The number of fused-ring (bicyclic) bond motifs is 1. The second kappa shape index (κ2) is 9.77. The van der Waals surface area contributed by atoms with Crippen LogP contribution < -0.4 is 10.6 Å². The normalized spacial score (nSPS) is 14.8. The van der Waals surface area contributed by atoms with E-state index in [4.69, 9.17) is 4.74 Å². The molecule has 4 rings (SSSR count). The summed E-state index contributed by atoms with van der Waals surface area (Å²) in [6, 6.07) is 7.98. The van der Waals surface area contributed by atoms with E-state index in [1.54, 1.807) is 6.20 Å². The molecule has 8 heteroatoms. The zero-order valence-corrected chi connectivity index (χ0v) is 17.5. The molecule has 1 fully saturated rings. The molecule has 0 saturated carbocycles. The molecular weight excluding hydrogens is 380 g/mol. The molecule has 30 heavy (non-hydrogen) atoms. The second-order valence-corrected chi connectivity index (χ2v) is 7.64. The number of aryl methyl sites for hydroxylation is 2. The lowest BCUT2D eigenvalue weighted by Crippen LogP contribution is -2.38. The molecule has 0 atom stereocenters. The van der Waals surface area contributed by atoms with Gasteiger partial charge in [0.1, 0.15) is 5.82 Å². The van der Waals surface area contributed by atoms with E-state index in [0.29, 0.717) is 6.54 Å². The summed E-state index contributed by atoms with van der Waals surface area (Å²) in [6.45, 7) is 9.07. The Hall–Kier alpha value is -2.84. The average molecular weight is 411 g/mol. The third-order valence-electron chi connectivity index (χ3n) is 5.57. The fourth-order valence-corrected chi connectivity index (χ4v) is 3.81. The molecule has 0 aliphatic carbocycles. The van der Waals surface area contributed by atoms with Crippen LogP contribution in [0.1, 0.15) is 12.2 Å². The summed E-state index contributed by atoms with van der Waals surface area (Å²) in [5, 5.41) is 6.98. The molecule has 3 aromatic rings. The number of ether oxygens (including phenoxy) is 1.